The monoisotopic (exact) mass is 314 g/mol. The lowest BCUT2D eigenvalue weighted by Gasteiger charge is -2.53. The van der Waals surface area contributed by atoms with Gasteiger partial charge in [-0.3, -0.25) is 0 Å². The molecule has 2 aliphatic rings. The molecule has 2 rings (SSSR count). The van der Waals surface area contributed by atoms with Crippen molar-refractivity contribution in [3.8, 4) is 0 Å². The summed E-state index contributed by atoms with van der Waals surface area (Å²) in [6.07, 6.45) is 14.7. The fourth-order valence-corrected chi connectivity index (χ4v) is 3.98. The van der Waals surface area contributed by atoms with Crippen LogP contribution >= 0.6 is 0 Å². The van der Waals surface area contributed by atoms with E-state index < -0.39 is 0 Å². The molecule has 1 nitrogen and oxygen atoms in total. The van der Waals surface area contributed by atoms with Crippen LogP contribution in [0.4, 0.5) is 0 Å². The highest BCUT2D eigenvalue weighted by Crippen LogP contribution is 2.55. The molecule has 0 N–H and O–H groups in total. The Balaban J connectivity index is 2.59. The second-order valence-corrected chi connectivity index (χ2v) is 8.56. The van der Waals surface area contributed by atoms with Gasteiger partial charge in [-0.15, -0.1) is 0 Å². The summed E-state index contributed by atoms with van der Waals surface area (Å²) in [5.74, 6) is 0. The first-order chi connectivity index (χ1) is 10.6. The van der Waals surface area contributed by atoms with Crippen molar-refractivity contribution in [2.75, 3.05) is 6.61 Å². The van der Waals surface area contributed by atoms with Gasteiger partial charge >= 0.3 is 0 Å². The molecule has 2 aliphatic carbocycles. The van der Waals surface area contributed by atoms with Crippen molar-refractivity contribution in [3.05, 3.63) is 47.1 Å². The maximum atomic E-state index is 6.70. The minimum atomic E-state index is -0.263. The summed E-state index contributed by atoms with van der Waals surface area (Å²) in [7, 11) is 0. The number of allylic oxidation sites excluding steroid dienone is 5. The van der Waals surface area contributed by atoms with Crippen LogP contribution in [0.1, 0.15) is 67.7 Å². The van der Waals surface area contributed by atoms with Crippen molar-refractivity contribution in [1.82, 2.24) is 0 Å². The van der Waals surface area contributed by atoms with Crippen LogP contribution in [0.2, 0.25) is 0 Å². The SMILES string of the molecule is CCCOC1(C(C)(C)C2=CCC=C2)CC=C(C)C=C1C(C)(C)C. The molecular weight excluding hydrogens is 280 g/mol. The highest BCUT2D eigenvalue weighted by molar-refractivity contribution is 5.45. The zero-order valence-corrected chi connectivity index (χ0v) is 16.1. The van der Waals surface area contributed by atoms with Crippen molar-refractivity contribution in [3.63, 3.8) is 0 Å². The Morgan fingerprint density at radius 2 is 1.83 bits per heavy atom. The van der Waals surface area contributed by atoms with Gasteiger partial charge in [0, 0.05) is 12.0 Å². The van der Waals surface area contributed by atoms with Crippen LogP contribution in [0.15, 0.2) is 47.1 Å². The molecule has 0 aromatic carbocycles. The highest BCUT2D eigenvalue weighted by atomic mass is 16.5. The third-order valence-electron chi connectivity index (χ3n) is 5.38. The predicted octanol–water partition coefficient (Wildman–Crippen LogP) is 6.39. The topological polar surface area (TPSA) is 9.23 Å². The average molecular weight is 315 g/mol. The van der Waals surface area contributed by atoms with Gasteiger partial charge in [-0.25, -0.2) is 0 Å². The Labute approximate surface area is 143 Å². The maximum absolute atomic E-state index is 6.70. The third kappa shape index (κ3) is 3.26. The van der Waals surface area contributed by atoms with Crippen LogP contribution in [0.5, 0.6) is 0 Å². The standard InChI is InChI=1S/C22H34O/c1-8-15-23-22(21(6,7)18-11-9-10-12-18)14-13-17(2)16-19(22)20(3,4)5/h9,11-13,16H,8,10,14-15H2,1-7H3. The Kier molecular flexibility index (Phi) is 5.11. The largest absolute Gasteiger partial charge is 0.369 e. The quantitative estimate of drug-likeness (QED) is 0.571. The van der Waals surface area contributed by atoms with E-state index in [0.717, 1.165) is 25.9 Å². The van der Waals surface area contributed by atoms with E-state index in [2.05, 4.69) is 78.8 Å². The van der Waals surface area contributed by atoms with Gasteiger partial charge in [0.2, 0.25) is 0 Å². The number of rotatable bonds is 5. The van der Waals surface area contributed by atoms with Crippen LogP contribution < -0.4 is 0 Å². The molecule has 1 unspecified atom stereocenters. The lowest BCUT2D eigenvalue weighted by atomic mass is 9.58. The molecule has 1 heteroatoms. The van der Waals surface area contributed by atoms with E-state index in [9.17, 15) is 0 Å². The van der Waals surface area contributed by atoms with Crippen molar-refractivity contribution in [2.45, 2.75) is 73.3 Å². The molecule has 128 valence electrons. The molecule has 0 spiro atoms. The number of ether oxygens (including phenoxy) is 1. The third-order valence-corrected chi connectivity index (χ3v) is 5.38. The van der Waals surface area contributed by atoms with Gasteiger partial charge in [-0.1, -0.05) is 77.5 Å². The molecule has 0 radical (unpaired) electrons. The van der Waals surface area contributed by atoms with Crippen LogP contribution in [0, 0.1) is 10.8 Å². The van der Waals surface area contributed by atoms with Crippen molar-refractivity contribution in [1.29, 1.82) is 0 Å². The second-order valence-electron chi connectivity index (χ2n) is 8.56. The summed E-state index contributed by atoms with van der Waals surface area (Å²) < 4.78 is 6.70. The average Bonchev–Trinajstić information content (AvgIpc) is 3.00. The molecule has 0 aliphatic heterocycles. The second kappa shape index (κ2) is 6.43. The van der Waals surface area contributed by atoms with Gasteiger partial charge in [-0.05, 0) is 42.7 Å². The summed E-state index contributed by atoms with van der Waals surface area (Å²) in [6.45, 7) is 16.9. The van der Waals surface area contributed by atoms with Gasteiger partial charge < -0.3 is 4.74 Å². The minimum Gasteiger partial charge on any atom is -0.369 e. The zero-order valence-electron chi connectivity index (χ0n) is 16.1. The Morgan fingerprint density at radius 1 is 1.13 bits per heavy atom. The molecule has 0 heterocycles. The lowest BCUT2D eigenvalue weighted by Crippen LogP contribution is -2.53. The van der Waals surface area contributed by atoms with Gasteiger partial charge in [0.1, 0.15) is 5.60 Å². The minimum absolute atomic E-state index is 0.0501. The molecule has 0 amide bonds. The summed E-state index contributed by atoms with van der Waals surface area (Å²) >= 11 is 0. The molecule has 0 bridgehead atoms. The molecule has 0 saturated carbocycles. The van der Waals surface area contributed by atoms with Crippen molar-refractivity contribution in [2.24, 2.45) is 10.8 Å². The summed E-state index contributed by atoms with van der Waals surface area (Å²) in [5.41, 5.74) is 3.98. The molecule has 0 saturated heterocycles. The van der Waals surface area contributed by atoms with Gasteiger partial charge in [0.05, 0.1) is 0 Å². The zero-order chi connectivity index (χ0) is 17.3. The normalized spacial score (nSPS) is 25.3. The van der Waals surface area contributed by atoms with Gasteiger partial charge in [-0.2, -0.15) is 0 Å². The molecular formula is C22H34O. The smallest absolute Gasteiger partial charge is 0.102 e. The van der Waals surface area contributed by atoms with Gasteiger partial charge in [0.25, 0.3) is 0 Å². The van der Waals surface area contributed by atoms with E-state index >= 15 is 0 Å². The van der Waals surface area contributed by atoms with Crippen molar-refractivity contribution < 1.29 is 4.74 Å². The van der Waals surface area contributed by atoms with Crippen LogP contribution in [-0.4, -0.2) is 12.2 Å². The van der Waals surface area contributed by atoms with Crippen LogP contribution in [-0.2, 0) is 4.74 Å². The summed E-state index contributed by atoms with van der Waals surface area (Å²) in [4.78, 5) is 0. The molecule has 0 aromatic rings. The summed E-state index contributed by atoms with van der Waals surface area (Å²) in [6, 6.07) is 0. The lowest BCUT2D eigenvalue weighted by molar-refractivity contribution is -0.0897. The predicted molar refractivity (Wildman–Crippen MR) is 101 cm³/mol. The van der Waals surface area contributed by atoms with Gasteiger partial charge in [0.15, 0.2) is 0 Å². The highest BCUT2D eigenvalue weighted by Gasteiger charge is 2.53. The Morgan fingerprint density at radius 3 is 2.35 bits per heavy atom. The first kappa shape index (κ1) is 18.3. The van der Waals surface area contributed by atoms with E-state index in [0.29, 0.717) is 0 Å². The Hall–Kier alpha value is -1.08. The molecule has 0 fully saturated rings. The first-order valence-corrected chi connectivity index (χ1v) is 9.05. The van der Waals surface area contributed by atoms with E-state index in [1.54, 1.807) is 0 Å². The van der Waals surface area contributed by atoms with E-state index in [4.69, 9.17) is 4.74 Å². The summed E-state index contributed by atoms with van der Waals surface area (Å²) in [5, 5.41) is 0. The fraction of sp³-hybridized carbons (Fsp3) is 0.636. The molecule has 1 atom stereocenters. The van der Waals surface area contributed by atoms with Crippen molar-refractivity contribution >= 4 is 0 Å². The maximum Gasteiger partial charge on any atom is 0.102 e. The Bertz CT molecular complexity index is 563. The molecule has 23 heavy (non-hydrogen) atoms. The van der Waals surface area contributed by atoms with Crippen LogP contribution in [0.25, 0.3) is 0 Å². The number of hydrogen-bond donors (Lipinski definition) is 0. The number of hydrogen-bond acceptors (Lipinski definition) is 1. The fourth-order valence-electron chi connectivity index (χ4n) is 3.98. The van der Waals surface area contributed by atoms with E-state index in [1.165, 1.54) is 16.7 Å². The molecule has 0 aromatic heterocycles. The van der Waals surface area contributed by atoms with Crippen LogP contribution in [0.3, 0.4) is 0 Å². The van der Waals surface area contributed by atoms with E-state index in [-0.39, 0.29) is 16.4 Å². The first-order valence-electron chi connectivity index (χ1n) is 9.05. The van der Waals surface area contributed by atoms with E-state index in [1.807, 2.05) is 0 Å².